The van der Waals surface area contributed by atoms with Gasteiger partial charge < -0.3 is 4.90 Å². The molecule has 0 N–H and O–H groups in total. The van der Waals surface area contributed by atoms with E-state index in [1.807, 2.05) is 31.2 Å². The van der Waals surface area contributed by atoms with Crippen molar-refractivity contribution < 1.29 is 13.2 Å². The zero-order valence-corrected chi connectivity index (χ0v) is 18.1. The average Bonchev–Trinajstić information content (AvgIpc) is 2.68. The third-order valence-corrected chi connectivity index (χ3v) is 7.66. The topological polar surface area (TPSA) is 57.7 Å². The Morgan fingerprint density at radius 3 is 2.18 bits per heavy atom. The molecular formula is C21H26N2O3S2. The molecule has 5 nitrogen and oxygen atoms in total. The normalized spacial score (nSPS) is 15.8. The molecule has 1 heterocycles. The lowest BCUT2D eigenvalue weighted by Crippen LogP contribution is -2.50. The molecule has 2 aromatic carbocycles. The molecular weight excluding hydrogens is 392 g/mol. The van der Waals surface area contributed by atoms with E-state index in [0.717, 1.165) is 10.5 Å². The Balaban J connectivity index is 1.70. The standard InChI is InChI=1S/C21H26N2O3S2/c1-16(2)27-20-7-5-4-6-19(20)21(24)22-12-14-23(15-13-22)28(25,26)18-10-8-17(3)9-11-18/h4-11,16H,12-15H2,1-3H3. The Bertz CT molecular complexity index is 932. The number of thioether (sulfide) groups is 1. The maximum atomic E-state index is 13.0. The minimum absolute atomic E-state index is 0.0314. The van der Waals surface area contributed by atoms with Crippen molar-refractivity contribution in [3.8, 4) is 0 Å². The number of aryl methyl sites for hydroxylation is 1. The Morgan fingerprint density at radius 1 is 0.964 bits per heavy atom. The Labute approximate surface area is 171 Å². The van der Waals surface area contributed by atoms with Crippen LogP contribution in [0.4, 0.5) is 0 Å². The number of hydrogen-bond donors (Lipinski definition) is 0. The summed E-state index contributed by atoms with van der Waals surface area (Å²) in [5.41, 5.74) is 1.71. The molecule has 3 rings (SSSR count). The predicted molar refractivity (Wildman–Crippen MR) is 113 cm³/mol. The Hall–Kier alpha value is -1.83. The second-order valence-electron chi connectivity index (χ2n) is 7.17. The molecule has 1 aliphatic heterocycles. The Kier molecular flexibility index (Phi) is 6.47. The monoisotopic (exact) mass is 418 g/mol. The molecule has 7 heteroatoms. The fourth-order valence-corrected chi connectivity index (χ4v) is 5.53. The van der Waals surface area contributed by atoms with E-state index in [4.69, 9.17) is 0 Å². The molecule has 0 unspecified atom stereocenters. The average molecular weight is 419 g/mol. The fraction of sp³-hybridized carbons (Fsp3) is 0.381. The zero-order chi connectivity index (χ0) is 20.3. The highest BCUT2D eigenvalue weighted by molar-refractivity contribution is 8.00. The number of hydrogen-bond acceptors (Lipinski definition) is 4. The van der Waals surface area contributed by atoms with Gasteiger partial charge in [-0.15, -0.1) is 11.8 Å². The summed E-state index contributed by atoms with van der Waals surface area (Å²) in [4.78, 5) is 16.0. The lowest BCUT2D eigenvalue weighted by atomic mass is 10.2. The van der Waals surface area contributed by atoms with Crippen molar-refractivity contribution in [2.24, 2.45) is 0 Å². The maximum Gasteiger partial charge on any atom is 0.255 e. The molecule has 28 heavy (non-hydrogen) atoms. The van der Waals surface area contributed by atoms with E-state index >= 15 is 0 Å². The molecule has 0 bridgehead atoms. The summed E-state index contributed by atoms with van der Waals surface area (Å²) < 4.78 is 27.1. The first kappa shape index (κ1) is 20.9. The highest BCUT2D eigenvalue weighted by Gasteiger charge is 2.31. The highest BCUT2D eigenvalue weighted by atomic mass is 32.2. The van der Waals surface area contributed by atoms with Gasteiger partial charge in [0.15, 0.2) is 0 Å². The summed E-state index contributed by atoms with van der Waals surface area (Å²) in [5, 5.41) is 0.380. The summed E-state index contributed by atoms with van der Waals surface area (Å²) >= 11 is 1.67. The van der Waals surface area contributed by atoms with Gasteiger partial charge in [-0.1, -0.05) is 43.7 Å². The summed E-state index contributed by atoms with van der Waals surface area (Å²) in [6.07, 6.45) is 0. The van der Waals surface area contributed by atoms with Gasteiger partial charge in [0, 0.05) is 36.3 Å². The van der Waals surface area contributed by atoms with Crippen molar-refractivity contribution in [2.75, 3.05) is 26.2 Å². The summed E-state index contributed by atoms with van der Waals surface area (Å²) in [7, 11) is -3.53. The molecule has 0 radical (unpaired) electrons. The van der Waals surface area contributed by atoms with Crippen molar-refractivity contribution in [3.63, 3.8) is 0 Å². The summed E-state index contributed by atoms with van der Waals surface area (Å²) in [5.74, 6) is -0.0314. The lowest BCUT2D eigenvalue weighted by molar-refractivity contribution is 0.0694. The van der Waals surface area contributed by atoms with Gasteiger partial charge in [0.05, 0.1) is 10.5 Å². The molecule has 0 aliphatic carbocycles. The first-order chi connectivity index (χ1) is 13.3. The fourth-order valence-electron chi connectivity index (χ4n) is 3.16. The third kappa shape index (κ3) is 4.59. The predicted octanol–water partition coefficient (Wildman–Crippen LogP) is 3.64. The quantitative estimate of drug-likeness (QED) is 0.696. The van der Waals surface area contributed by atoms with Crippen molar-refractivity contribution >= 4 is 27.7 Å². The van der Waals surface area contributed by atoms with Gasteiger partial charge in [-0.05, 0) is 31.2 Å². The zero-order valence-electron chi connectivity index (χ0n) is 16.5. The van der Waals surface area contributed by atoms with E-state index in [2.05, 4.69) is 13.8 Å². The minimum atomic E-state index is -3.53. The van der Waals surface area contributed by atoms with E-state index in [1.165, 1.54) is 4.31 Å². The number of carbonyl (C=O) groups excluding carboxylic acids is 1. The summed E-state index contributed by atoms with van der Waals surface area (Å²) in [6.45, 7) is 7.52. The molecule has 0 saturated carbocycles. The second kappa shape index (κ2) is 8.68. The largest absolute Gasteiger partial charge is 0.336 e. The number of benzene rings is 2. The molecule has 150 valence electrons. The Morgan fingerprint density at radius 2 is 1.57 bits per heavy atom. The highest BCUT2D eigenvalue weighted by Crippen LogP contribution is 2.28. The van der Waals surface area contributed by atoms with Crippen LogP contribution < -0.4 is 0 Å². The molecule has 0 aromatic heterocycles. The number of nitrogens with zero attached hydrogens (tertiary/aromatic N) is 2. The molecule has 1 fully saturated rings. The number of rotatable bonds is 5. The van der Waals surface area contributed by atoms with Crippen LogP contribution >= 0.6 is 11.8 Å². The number of sulfonamides is 1. The number of carbonyl (C=O) groups is 1. The smallest absolute Gasteiger partial charge is 0.255 e. The van der Waals surface area contributed by atoms with Crippen LogP contribution in [0.15, 0.2) is 58.3 Å². The van der Waals surface area contributed by atoms with Crippen LogP contribution in [-0.4, -0.2) is 55.0 Å². The summed E-state index contributed by atoms with van der Waals surface area (Å²) in [6, 6.07) is 14.5. The van der Waals surface area contributed by atoms with E-state index < -0.39 is 10.0 Å². The molecule has 0 spiro atoms. The van der Waals surface area contributed by atoms with Gasteiger partial charge in [-0.2, -0.15) is 4.31 Å². The van der Waals surface area contributed by atoms with Gasteiger partial charge in [-0.25, -0.2) is 8.42 Å². The molecule has 1 aliphatic rings. The number of piperazine rings is 1. The van der Waals surface area contributed by atoms with Crippen LogP contribution in [0.5, 0.6) is 0 Å². The van der Waals surface area contributed by atoms with Crippen LogP contribution in [0.3, 0.4) is 0 Å². The van der Waals surface area contributed by atoms with E-state index in [0.29, 0.717) is 41.9 Å². The van der Waals surface area contributed by atoms with E-state index in [9.17, 15) is 13.2 Å². The van der Waals surface area contributed by atoms with Gasteiger partial charge in [0.25, 0.3) is 5.91 Å². The number of amides is 1. The molecule has 1 amide bonds. The van der Waals surface area contributed by atoms with Crippen molar-refractivity contribution in [2.45, 2.75) is 35.8 Å². The third-order valence-electron chi connectivity index (χ3n) is 4.66. The van der Waals surface area contributed by atoms with Crippen LogP contribution in [-0.2, 0) is 10.0 Å². The molecule has 0 atom stereocenters. The van der Waals surface area contributed by atoms with Crippen molar-refractivity contribution in [1.82, 2.24) is 9.21 Å². The van der Waals surface area contributed by atoms with Gasteiger partial charge in [0.1, 0.15) is 0 Å². The van der Waals surface area contributed by atoms with Gasteiger partial charge >= 0.3 is 0 Å². The SMILES string of the molecule is Cc1ccc(S(=O)(=O)N2CCN(C(=O)c3ccccc3SC(C)C)CC2)cc1. The molecule has 2 aromatic rings. The van der Waals surface area contributed by atoms with E-state index in [-0.39, 0.29) is 5.91 Å². The maximum absolute atomic E-state index is 13.0. The van der Waals surface area contributed by atoms with E-state index in [1.54, 1.807) is 40.9 Å². The minimum Gasteiger partial charge on any atom is -0.336 e. The van der Waals surface area contributed by atoms with Crippen LogP contribution in [0.2, 0.25) is 0 Å². The first-order valence-corrected chi connectivity index (χ1v) is 11.7. The second-order valence-corrected chi connectivity index (χ2v) is 10.7. The molecule has 1 saturated heterocycles. The first-order valence-electron chi connectivity index (χ1n) is 9.41. The van der Waals surface area contributed by atoms with Gasteiger partial charge in [0.2, 0.25) is 10.0 Å². The van der Waals surface area contributed by atoms with Crippen molar-refractivity contribution in [1.29, 1.82) is 0 Å². The van der Waals surface area contributed by atoms with Crippen LogP contribution in [0.1, 0.15) is 29.8 Å². The lowest BCUT2D eigenvalue weighted by Gasteiger charge is -2.34. The van der Waals surface area contributed by atoms with Crippen molar-refractivity contribution in [3.05, 3.63) is 59.7 Å². The van der Waals surface area contributed by atoms with Crippen LogP contribution in [0.25, 0.3) is 0 Å². The van der Waals surface area contributed by atoms with Gasteiger partial charge in [-0.3, -0.25) is 4.79 Å². The van der Waals surface area contributed by atoms with Crippen LogP contribution in [0, 0.1) is 6.92 Å².